The summed E-state index contributed by atoms with van der Waals surface area (Å²) in [4.78, 5) is 42.2. The monoisotopic (exact) mass is 562 g/mol. The number of anilines is 1. The fraction of sp³-hybridized carbons (Fsp3) is 0.593. The summed E-state index contributed by atoms with van der Waals surface area (Å²) in [5, 5.41) is 6.23. The van der Waals surface area contributed by atoms with Crippen LogP contribution in [0.3, 0.4) is 0 Å². The first-order valence-corrected chi connectivity index (χ1v) is 15.5. The Morgan fingerprint density at radius 2 is 1.89 bits per heavy atom. The lowest BCUT2D eigenvalue weighted by atomic mass is 10.0. The molecule has 2 aliphatic heterocycles. The Labute approximate surface area is 228 Å². The Morgan fingerprint density at radius 1 is 1.08 bits per heavy atom. The Hall–Kier alpha value is -2.59. The smallest absolute Gasteiger partial charge is 0.259 e. The van der Waals surface area contributed by atoms with Gasteiger partial charge in [-0.15, -0.1) is 0 Å². The lowest BCUT2D eigenvalue weighted by molar-refractivity contribution is -0.140. The predicted molar refractivity (Wildman–Crippen MR) is 145 cm³/mol. The van der Waals surface area contributed by atoms with Gasteiger partial charge in [0.2, 0.25) is 21.8 Å². The highest BCUT2D eigenvalue weighted by Gasteiger charge is 2.61. The van der Waals surface area contributed by atoms with Crippen LogP contribution in [-0.2, 0) is 24.4 Å². The number of sulfonamides is 1. The highest BCUT2D eigenvalue weighted by atomic mass is 35.5. The Kier molecular flexibility index (Phi) is 7.73. The zero-order valence-corrected chi connectivity index (χ0v) is 22.9. The Balaban J connectivity index is 1.37. The maximum Gasteiger partial charge on any atom is 0.259 e. The largest absolute Gasteiger partial charge is 0.374 e. The van der Waals surface area contributed by atoms with Gasteiger partial charge in [-0.25, -0.2) is 8.42 Å². The quantitative estimate of drug-likeness (QED) is 0.474. The molecule has 2 heterocycles. The fourth-order valence-electron chi connectivity index (χ4n) is 5.55. The van der Waals surface area contributed by atoms with E-state index < -0.39 is 44.7 Å². The molecule has 1 aromatic rings. The molecule has 5 rings (SSSR count). The molecule has 1 saturated heterocycles. The van der Waals surface area contributed by atoms with Crippen molar-refractivity contribution in [2.45, 2.75) is 87.1 Å². The maximum atomic E-state index is 13.8. The van der Waals surface area contributed by atoms with Gasteiger partial charge in [0.25, 0.3) is 5.91 Å². The van der Waals surface area contributed by atoms with Gasteiger partial charge in [0, 0.05) is 23.2 Å². The molecule has 2 saturated carbocycles. The van der Waals surface area contributed by atoms with Gasteiger partial charge in [-0.05, 0) is 69.6 Å². The summed E-state index contributed by atoms with van der Waals surface area (Å²) in [6.45, 7) is 0.448. The van der Waals surface area contributed by atoms with Crippen molar-refractivity contribution >= 4 is 45.0 Å². The summed E-state index contributed by atoms with van der Waals surface area (Å²) in [7, 11) is -3.75. The number of hydrogen-bond acceptors (Lipinski definition) is 6. The number of fused-ring (bicyclic) bond motifs is 2. The number of rotatable bonds is 5. The van der Waals surface area contributed by atoms with Crippen molar-refractivity contribution < 1.29 is 22.8 Å². The first-order chi connectivity index (χ1) is 18.2. The van der Waals surface area contributed by atoms with E-state index in [1.54, 1.807) is 17.0 Å². The van der Waals surface area contributed by atoms with Gasteiger partial charge < -0.3 is 15.5 Å². The molecule has 4 atom stereocenters. The van der Waals surface area contributed by atoms with Gasteiger partial charge in [-0.3, -0.25) is 19.1 Å². The van der Waals surface area contributed by atoms with Gasteiger partial charge in [0.15, 0.2) is 0 Å². The third-order valence-corrected chi connectivity index (χ3v) is 10.1. The zero-order valence-electron chi connectivity index (χ0n) is 21.3. The lowest BCUT2D eigenvalue weighted by Gasteiger charge is -2.30. The van der Waals surface area contributed by atoms with Crippen LogP contribution in [0.1, 0.15) is 64.2 Å². The van der Waals surface area contributed by atoms with E-state index >= 15 is 0 Å². The first kappa shape index (κ1) is 27.0. The molecule has 0 aromatic heterocycles. The minimum atomic E-state index is -3.75. The van der Waals surface area contributed by atoms with Gasteiger partial charge in [0.05, 0.1) is 5.25 Å². The van der Waals surface area contributed by atoms with Crippen molar-refractivity contribution in [3.05, 3.63) is 41.4 Å². The highest BCUT2D eigenvalue weighted by Crippen LogP contribution is 2.46. The van der Waals surface area contributed by atoms with Gasteiger partial charge >= 0.3 is 0 Å². The van der Waals surface area contributed by atoms with Crippen molar-refractivity contribution in [1.29, 1.82) is 0 Å². The predicted octanol–water partition coefficient (Wildman–Crippen LogP) is 3.12. The summed E-state index contributed by atoms with van der Waals surface area (Å²) in [6, 6.07) is 5.99. The molecule has 0 unspecified atom stereocenters. The van der Waals surface area contributed by atoms with Gasteiger partial charge in [0.1, 0.15) is 17.6 Å². The number of hydrogen-bond donors (Lipinski definition) is 3. The van der Waals surface area contributed by atoms with Crippen molar-refractivity contribution in [3.63, 3.8) is 0 Å². The molecular weight excluding hydrogens is 528 g/mol. The highest BCUT2D eigenvalue weighted by molar-refractivity contribution is 7.91. The van der Waals surface area contributed by atoms with Crippen LogP contribution in [0.4, 0.5) is 5.69 Å². The van der Waals surface area contributed by atoms with Crippen LogP contribution in [0, 0.1) is 5.92 Å². The molecule has 38 heavy (non-hydrogen) atoms. The molecule has 9 nitrogen and oxygen atoms in total. The molecule has 3 fully saturated rings. The van der Waals surface area contributed by atoms with E-state index in [1.165, 1.54) is 0 Å². The van der Waals surface area contributed by atoms with E-state index in [4.69, 9.17) is 11.6 Å². The molecular formula is C27H35ClN4O5S. The third kappa shape index (κ3) is 5.86. The van der Waals surface area contributed by atoms with Crippen LogP contribution in [0.2, 0.25) is 5.02 Å². The van der Waals surface area contributed by atoms with E-state index in [0.29, 0.717) is 50.1 Å². The number of halogens is 1. The second-order valence-electron chi connectivity index (χ2n) is 10.9. The molecule has 2 aliphatic carbocycles. The number of nitrogens with zero attached hydrogens (tertiary/aromatic N) is 1. The maximum absolute atomic E-state index is 13.8. The van der Waals surface area contributed by atoms with E-state index in [1.807, 2.05) is 24.3 Å². The van der Waals surface area contributed by atoms with Crippen molar-refractivity contribution in [3.8, 4) is 0 Å². The molecule has 0 radical (unpaired) electrons. The number of allylic oxidation sites excluding steroid dienone is 1. The second kappa shape index (κ2) is 10.9. The lowest BCUT2D eigenvalue weighted by Crippen LogP contribution is -2.57. The molecule has 3 amide bonds. The van der Waals surface area contributed by atoms with Crippen LogP contribution in [0.5, 0.6) is 0 Å². The summed E-state index contributed by atoms with van der Waals surface area (Å²) >= 11 is 6.15. The van der Waals surface area contributed by atoms with Crippen LogP contribution >= 0.6 is 11.6 Å². The van der Waals surface area contributed by atoms with Crippen molar-refractivity contribution in [2.24, 2.45) is 5.92 Å². The molecule has 1 aromatic carbocycles. The molecule has 4 aliphatic rings. The fourth-order valence-corrected chi connectivity index (χ4v) is 7.11. The topological polar surface area (TPSA) is 125 Å². The number of amides is 3. The van der Waals surface area contributed by atoms with E-state index in [-0.39, 0.29) is 11.8 Å². The third-order valence-electron chi connectivity index (χ3n) is 8.00. The normalized spacial score (nSPS) is 31.2. The van der Waals surface area contributed by atoms with Crippen LogP contribution in [0.25, 0.3) is 0 Å². The average molecular weight is 563 g/mol. The Bertz CT molecular complexity index is 1230. The van der Waals surface area contributed by atoms with E-state index in [2.05, 4.69) is 15.4 Å². The summed E-state index contributed by atoms with van der Waals surface area (Å²) in [6.07, 6.45) is 10.6. The number of carbonyl (C=O) groups excluding carboxylic acids is 3. The molecule has 3 N–H and O–H groups in total. The first-order valence-electron chi connectivity index (χ1n) is 13.6. The summed E-state index contributed by atoms with van der Waals surface area (Å²) in [5.41, 5.74) is -0.573. The van der Waals surface area contributed by atoms with E-state index in [0.717, 1.165) is 31.4 Å². The standard InChI is InChI=1S/C27H35ClN4O5S/c28-19-9-6-10-20(16-19)29-22-11-5-3-1-2-4-8-18-17-27(18,26(35)31-38(36,37)21-13-14-21)30-24(33)23-12-7-15-32(23)25(22)34/h4,6,8-10,16,18,21-23,29H,1-3,5,7,11-15,17H2,(H,30,33)(H,31,35)/b8-4-/t18-,22+,23+,27-/m1/s1. The van der Waals surface area contributed by atoms with Gasteiger partial charge in [-0.1, -0.05) is 42.7 Å². The van der Waals surface area contributed by atoms with E-state index in [9.17, 15) is 22.8 Å². The molecule has 11 heteroatoms. The van der Waals surface area contributed by atoms with Crippen LogP contribution in [-0.4, -0.2) is 60.5 Å². The van der Waals surface area contributed by atoms with Crippen LogP contribution in [0.15, 0.2) is 36.4 Å². The number of benzene rings is 1. The minimum Gasteiger partial charge on any atom is -0.374 e. The van der Waals surface area contributed by atoms with Crippen LogP contribution < -0.4 is 15.4 Å². The number of nitrogens with one attached hydrogen (secondary N) is 3. The van der Waals surface area contributed by atoms with Crippen molar-refractivity contribution in [2.75, 3.05) is 11.9 Å². The minimum absolute atomic E-state index is 0.155. The zero-order chi connectivity index (χ0) is 26.9. The molecule has 0 bridgehead atoms. The Morgan fingerprint density at radius 3 is 2.66 bits per heavy atom. The van der Waals surface area contributed by atoms with Crippen molar-refractivity contribution in [1.82, 2.24) is 14.9 Å². The van der Waals surface area contributed by atoms with Gasteiger partial charge in [-0.2, -0.15) is 0 Å². The SMILES string of the molecule is O=C1N[C@]2(C(=O)NS(=O)(=O)C3CC3)C[C@H]2/C=C\CCCCC[C@H](Nc2cccc(Cl)c2)C(=O)N2CCC[C@@H]12. The summed E-state index contributed by atoms with van der Waals surface area (Å²) in [5.74, 6) is -1.54. The molecule has 206 valence electrons. The number of carbonyl (C=O) groups is 3. The average Bonchev–Trinajstić information content (AvgIpc) is 3.78. The second-order valence-corrected chi connectivity index (χ2v) is 13.3. The molecule has 0 spiro atoms. The summed E-state index contributed by atoms with van der Waals surface area (Å²) < 4.78 is 27.2.